The third-order valence-electron chi connectivity index (χ3n) is 3.50. The average molecular weight is 352 g/mol. The maximum absolute atomic E-state index is 12.8. The average Bonchev–Trinajstić information content (AvgIpc) is 3.05. The minimum absolute atomic E-state index is 0.165. The number of ether oxygens (including phenoxy) is 1. The molecule has 1 heterocycles. The van der Waals surface area contributed by atoms with Crippen molar-refractivity contribution in [1.29, 1.82) is 0 Å². The Labute approximate surface area is 149 Å². The van der Waals surface area contributed by atoms with E-state index in [-0.39, 0.29) is 17.5 Å². The summed E-state index contributed by atoms with van der Waals surface area (Å²) in [5, 5.41) is 3.31. The summed E-state index contributed by atoms with van der Waals surface area (Å²) >= 11 is 1.25. The van der Waals surface area contributed by atoms with Gasteiger partial charge in [-0.2, -0.15) is 0 Å². The first-order chi connectivity index (χ1) is 12.1. The van der Waals surface area contributed by atoms with Crippen molar-refractivity contribution in [2.24, 2.45) is 0 Å². The summed E-state index contributed by atoms with van der Waals surface area (Å²) < 4.78 is 5.15. The molecule has 1 N–H and O–H groups in total. The second-order valence-electron chi connectivity index (χ2n) is 5.30. The maximum atomic E-state index is 12.8. The lowest BCUT2D eigenvalue weighted by Gasteiger charge is -2.01. The molecule has 2 aromatic carbocycles. The number of benzene rings is 2. The van der Waals surface area contributed by atoms with E-state index in [1.54, 1.807) is 31.4 Å². The van der Waals surface area contributed by atoms with Crippen LogP contribution in [-0.4, -0.2) is 23.8 Å². The van der Waals surface area contributed by atoms with Crippen LogP contribution < -0.4 is 10.1 Å². The molecule has 0 radical (unpaired) electrons. The van der Waals surface area contributed by atoms with Crippen molar-refractivity contribution in [3.63, 3.8) is 0 Å². The smallest absolute Gasteiger partial charge is 0.222 e. The second kappa shape index (κ2) is 7.27. The van der Waals surface area contributed by atoms with Crippen LogP contribution in [0.3, 0.4) is 0 Å². The number of nitrogens with one attached hydrogen (secondary N) is 1. The summed E-state index contributed by atoms with van der Waals surface area (Å²) in [5.74, 6) is 0.593. The highest BCUT2D eigenvalue weighted by Crippen LogP contribution is 2.33. The summed E-state index contributed by atoms with van der Waals surface area (Å²) in [5.41, 5.74) is 1.41. The molecule has 0 fully saturated rings. The molecule has 0 unspecified atom stereocenters. The van der Waals surface area contributed by atoms with Gasteiger partial charge in [0.05, 0.1) is 7.11 Å². The number of carbonyl (C=O) groups excluding carboxylic acids is 2. The van der Waals surface area contributed by atoms with Gasteiger partial charge in [0, 0.05) is 18.1 Å². The van der Waals surface area contributed by atoms with Crippen LogP contribution in [0.5, 0.6) is 5.75 Å². The van der Waals surface area contributed by atoms with Gasteiger partial charge in [-0.25, -0.2) is 4.98 Å². The van der Waals surface area contributed by atoms with Gasteiger partial charge in [0.15, 0.2) is 5.82 Å². The topological polar surface area (TPSA) is 68.3 Å². The van der Waals surface area contributed by atoms with Crippen molar-refractivity contribution in [1.82, 2.24) is 4.98 Å². The number of hydrogen-bond donors (Lipinski definition) is 1. The summed E-state index contributed by atoms with van der Waals surface area (Å²) in [7, 11) is 1.60. The molecule has 0 aliphatic carbocycles. The van der Waals surface area contributed by atoms with Crippen LogP contribution in [-0.2, 0) is 4.79 Å². The van der Waals surface area contributed by atoms with E-state index < -0.39 is 0 Å². The first-order valence-electron chi connectivity index (χ1n) is 7.61. The van der Waals surface area contributed by atoms with Crippen LogP contribution in [0.25, 0.3) is 10.6 Å². The van der Waals surface area contributed by atoms with E-state index in [2.05, 4.69) is 10.3 Å². The molecular formula is C19H16N2O3S. The molecule has 126 valence electrons. The van der Waals surface area contributed by atoms with Gasteiger partial charge in [-0.05, 0) is 24.3 Å². The number of thiazole rings is 1. The third-order valence-corrected chi connectivity index (χ3v) is 4.60. The number of amides is 1. The number of rotatable bonds is 5. The molecule has 25 heavy (non-hydrogen) atoms. The van der Waals surface area contributed by atoms with Gasteiger partial charge < -0.3 is 10.1 Å². The van der Waals surface area contributed by atoms with Crippen molar-refractivity contribution in [3.8, 4) is 16.3 Å². The molecule has 0 saturated carbocycles. The molecular weight excluding hydrogens is 336 g/mol. The van der Waals surface area contributed by atoms with E-state index in [1.807, 2.05) is 30.3 Å². The second-order valence-corrected chi connectivity index (χ2v) is 6.30. The SMILES string of the molecule is COc1ccc(-c2nc(NC(C)=O)c(C(=O)c3ccccc3)s2)cc1. The van der Waals surface area contributed by atoms with E-state index >= 15 is 0 Å². The number of carbonyl (C=O) groups is 2. The molecule has 0 spiro atoms. The lowest BCUT2D eigenvalue weighted by molar-refractivity contribution is -0.114. The van der Waals surface area contributed by atoms with Crippen LogP contribution in [0.4, 0.5) is 5.82 Å². The minimum Gasteiger partial charge on any atom is -0.497 e. The van der Waals surface area contributed by atoms with Crippen LogP contribution in [0, 0.1) is 0 Å². The number of nitrogens with zero attached hydrogens (tertiary/aromatic N) is 1. The Morgan fingerprint density at radius 2 is 1.72 bits per heavy atom. The summed E-state index contributed by atoms with van der Waals surface area (Å²) in [4.78, 5) is 29.1. The third kappa shape index (κ3) is 3.75. The van der Waals surface area contributed by atoms with Crippen molar-refractivity contribution >= 4 is 28.8 Å². The Balaban J connectivity index is 2.02. The van der Waals surface area contributed by atoms with Gasteiger partial charge in [0.1, 0.15) is 15.6 Å². The fourth-order valence-electron chi connectivity index (χ4n) is 2.30. The van der Waals surface area contributed by atoms with Gasteiger partial charge >= 0.3 is 0 Å². The molecule has 3 aromatic rings. The van der Waals surface area contributed by atoms with Crippen LogP contribution >= 0.6 is 11.3 Å². The Hall–Kier alpha value is -2.99. The van der Waals surface area contributed by atoms with Gasteiger partial charge in [-0.15, -0.1) is 11.3 Å². The zero-order valence-electron chi connectivity index (χ0n) is 13.8. The Morgan fingerprint density at radius 1 is 1.04 bits per heavy atom. The lowest BCUT2D eigenvalue weighted by Crippen LogP contribution is -2.10. The predicted molar refractivity (Wildman–Crippen MR) is 98.3 cm³/mol. The molecule has 0 saturated heterocycles. The lowest BCUT2D eigenvalue weighted by atomic mass is 10.1. The maximum Gasteiger partial charge on any atom is 0.222 e. The molecule has 0 aliphatic heterocycles. The minimum atomic E-state index is -0.270. The largest absolute Gasteiger partial charge is 0.497 e. The molecule has 5 nitrogen and oxygen atoms in total. The molecule has 1 amide bonds. The van der Waals surface area contributed by atoms with Crippen molar-refractivity contribution in [3.05, 3.63) is 65.0 Å². The Morgan fingerprint density at radius 3 is 2.32 bits per heavy atom. The molecule has 0 atom stereocenters. The summed E-state index contributed by atoms with van der Waals surface area (Å²) in [6, 6.07) is 16.3. The van der Waals surface area contributed by atoms with Crippen molar-refractivity contribution < 1.29 is 14.3 Å². The first-order valence-corrected chi connectivity index (χ1v) is 8.42. The standard InChI is InChI=1S/C19H16N2O3S/c1-12(22)20-18-17(16(23)13-6-4-3-5-7-13)25-19(21-18)14-8-10-15(24-2)11-9-14/h3-11H,1-2H3,(H,20,22). The fourth-order valence-corrected chi connectivity index (χ4v) is 3.29. The zero-order chi connectivity index (χ0) is 17.8. The van der Waals surface area contributed by atoms with Crippen molar-refractivity contribution in [2.45, 2.75) is 6.92 Å². The monoisotopic (exact) mass is 352 g/mol. The molecule has 6 heteroatoms. The molecule has 1 aromatic heterocycles. The summed E-state index contributed by atoms with van der Waals surface area (Å²) in [6.45, 7) is 1.39. The predicted octanol–water partition coefficient (Wildman–Crippen LogP) is 4.01. The van der Waals surface area contributed by atoms with E-state index in [9.17, 15) is 9.59 Å². The number of anilines is 1. The first kappa shape index (κ1) is 16.9. The van der Waals surface area contributed by atoms with Crippen LogP contribution in [0.1, 0.15) is 22.2 Å². The number of hydrogen-bond acceptors (Lipinski definition) is 5. The van der Waals surface area contributed by atoms with E-state index in [1.165, 1.54) is 18.3 Å². The Bertz CT molecular complexity index is 902. The highest BCUT2D eigenvalue weighted by Gasteiger charge is 2.21. The molecule has 0 aliphatic rings. The quantitative estimate of drug-likeness (QED) is 0.705. The number of aromatic nitrogens is 1. The number of ketones is 1. The fraction of sp³-hybridized carbons (Fsp3) is 0.105. The van der Waals surface area contributed by atoms with Gasteiger partial charge in [-0.1, -0.05) is 30.3 Å². The zero-order valence-corrected chi connectivity index (χ0v) is 14.6. The molecule has 3 rings (SSSR count). The van der Waals surface area contributed by atoms with Gasteiger partial charge in [0.2, 0.25) is 11.7 Å². The van der Waals surface area contributed by atoms with Crippen LogP contribution in [0.2, 0.25) is 0 Å². The number of methoxy groups -OCH3 is 1. The van der Waals surface area contributed by atoms with Gasteiger partial charge in [0.25, 0.3) is 0 Å². The highest BCUT2D eigenvalue weighted by molar-refractivity contribution is 7.17. The Kier molecular flexibility index (Phi) is 4.90. The van der Waals surface area contributed by atoms with Gasteiger partial charge in [-0.3, -0.25) is 9.59 Å². The van der Waals surface area contributed by atoms with Crippen LogP contribution in [0.15, 0.2) is 54.6 Å². The molecule has 0 bridgehead atoms. The van der Waals surface area contributed by atoms with E-state index in [4.69, 9.17) is 4.74 Å². The highest BCUT2D eigenvalue weighted by atomic mass is 32.1. The normalized spacial score (nSPS) is 10.3. The summed E-state index contributed by atoms with van der Waals surface area (Å²) in [6.07, 6.45) is 0. The van der Waals surface area contributed by atoms with E-state index in [0.29, 0.717) is 15.4 Å². The van der Waals surface area contributed by atoms with Crippen molar-refractivity contribution in [2.75, 3.05) is 12.4 Å². The van der Waals surface area contributed by atoms with E-state index in [0.717, 1.165) is 11.3 Å².